The Labute approximate surface area is 194 Å². The zero-order valence-electron chi connectivity index (χ0n) is 19.2. The highest BCUT2D eigenvalue weighted by molar-refractivity contribution is 5.91. The van der Waals surface area contributed by atoms with Crippen molar-refractivity contribution >= 4 is 17.5 Å². The Morgan fingerprint density at radius 2 is 1.67 bits per heavy atom. The minimum Gasteiger partial charge on any atom is -0.355 e. The standard InChI is InChI=1S/C26H33N5O2/c32-23(8-9-27-25(33)26-14-17-11-18(15-26)13-19(12-17)16-26)28-21-6-4-20(5-7-21)24-30-29-22-3-1-2-10-31(22)24/h4-7,17-19H,1-3,8-16H2,(H,27,33)(H,28,32). The quantitative estimate of drug-likeness (QED) is 0.702. The van der Waals surface area contributed by atoms with Crippen LogP contribution in [-0.2, 0) is 22.6 Å². The van der Waals surface area contributed by atoms with Gasteiger partial charge in [-0.05, 0) is 93.4 Å². The van der Waals surface area contributed by atoms with Crippen LogP contribution in [0.1, 0.15) is 63.6 Å². The Hall–Kier alpha value is -2.70. The van der Waals surface area contributed by atoms with Crippen molar-refractivity contribution in [2.24, 2.45) is 23.2 Å². The zero-order chi connectivity index (χ0) is 22.4. The molecule has 2 aromatic rings. The van der Waals surface area contributed by atoms with Gasteiger partial charge in [0.1, 0.15) is 5.82 Å². The van der Waals surface area contributed by atoms with E-state index in [4.69, 9.17) is 0 Å². The van der Waals surface area contributed by atoms with E-state index in [1.165, 1.54) is 25.7 Å². The van der Waals surface area contributed by atoms with Crippen LogP contribution in [0.25, 0.3) is 11.4 Å². The molecule has 7 nitrogen and oxygen atoms in total. The Balaban J connectivity index is 1.01. The van der Waals surface area contributed by atoms with Crippen LogP contribution in [0.3, 0.4) is 0 Å². The van der Waals surface area contributed by atoms with Gasteiger partial charge in [-0.3, -0.25) is 9.59 Å². The molecule has 4 bridgehead atoms. The van der Waals surface area contributed by atoms with E-state index in [9.17, 15) is 9.59 Å². The van der Waals surface area contributed by atoms with Gasteiger partial charge >= 0.3 is 0 Å². The molecule has 2 heterocycles. The monoisotopic (exact) mass is 447 g/mol. The minimum absolute atomic E-state index is 0.0755. The van der Waals surface area contributed by atoms with E-state index in [1.54, 1.807) is 0 Å². The largest absolute Gasteiger partial charge is 0.355 e. The summed E-state index contributed by atoms with van der Waals surface area (Å²) in [5.41, 5.74) is 1.62. The van der Waals surface area contributed by atoms with Gasteiger partial charge < -0.3 is 15.2 Å². The van der Waals surface area contributed by atoms with Gasteiger partial charge in [0.2, 0.25) is 11.8 Å². The van der Waals surface area contributed by atoms with E-state index in [2.05, 4.69) is 25.4 Å². The molecular weight excluding hydrogens is 414 g/mol. The highest BCUT2D eigenvalue weighted by Gasteiger charge is 2.54. The number of rotatable bonds is 6. The van der Waals surface area contributed by atoms with Gasteiger partial charge in [0.25, 0.3) is 0 Å². The third-order valence-corrected chi connectivity index (χ3v) is 8.44. The predicted molar refractivity (Wildman–Crippen MR) is 125 cm³/mol. The molecule has 1 aromatic heterocycles. The highest BCUT2D eigenvalue weighted by Crippen LogP contribution is 2.60. The van der Waals surface area contributed by atoms with Crippen LogP contribution >= 0.6 is 0 Å². The SMILES string of the molecule is O=C(CCNC(=O)C12CC3CC(CC(C3)C1)C2)Nc1ccc(-c2nnc3n2CCCC3)cc1. The number of hydrogen-bond donors (Lipinski definition) is 2. The number of hydrogen-bond acceptors (Lipinski definition) is 4. The molecule has 33 heavy (non-hydrogen) atoms. The molecule has 0 atom stereocenters. The summed E-state index contributed by atoms with van der Waals surface area (Å²) in [4.78, 5) is 25.5. The average Bonchev–Trinajstić information content (AvgIpc) is 3.23. The molecule has 4 fully saturated rings. The molecule has 0 radical (unpaired) electrons. The summed E-state index contributed by atoms with van der Waals surface area (Å²) in [7, 11) is 0. The molecule has 174 valence electrons. The summed E-state index contributed by atoms with van der Waals surface area (Å²) in [6.45, 7) is 1.36. The molecule has 5 aliphatic rings. The Kier molecular flexibility index (Phi) is 5.23. The smallest absolute Gasteiger partial charge is 0.226 e. The van der Waals surface area contributed by atoms with Gasteiger partial charge in [-0.1, -0.05) is 0 Å². The third kappa shape index (κ3) is 3.96. The Morgan fingerprint density at radius 3 is 2.36 bits per heavy atom. The van der Waals surface area contributed by atoms with E-state index in [0.29, 0.717) is 6.54 Å². The van der Waals surface area contributed by atoms with Crippen molar-refractivity contribution in [3.05, 3.63) is 30.1 Å². The number of aryl methyl sites for hydroxylation is 1. The maximum atomic E-state index is 13.0. The van der Waals surface area contributed by atoms with Crippen molar-refractivity contribution in [3.8, 4) is 11.4 Å². The molecule has 4 saturated carbocycles. The van der Waals surface area contributed by atoms with E-state index in [1.807, 2.05) is 24.3 Å². The van der Waals surface area contributed by atoms with Gasteiger partial charge in [-0.15, -0.1) is 10.2 Å². The second-order valence-corrected chi connectivity index (χ2v) is 10.9. The van der Waals surface area contributed by atoms with E-state index >= 15 is 0 Å². The number of anilines is 1. The van der Waals surface area contributed by atoms with E-state index in [0.717, 1.165) is 79.3 Å². The Bertz CT molecular complexity index is 1020. The molecule has 0 unspecified atom stereocenters. The van der Waals surface area contributed by atoms with Crippen LogP contribution in [0.15, 0.2) is 24.3 Å². The van der Waals surface area contributed by atoms with Crippen LogP contribution in [-0.4, -0.2) is 33.1 Å². The summed E-state index contributed by atoms with van der Waals surface area (Å²) < 4.78 is 2.20. The second-order valence-electron chi connectivity index (χ2n) is 10.9. The molecular formula is C26H33N5O2. The summed E-state index contributed by atoms with van der Waals surface area (Å²) in [5, 5.41) is 14.7. The molecule has 0 spiro atoms. The molecule has 7 heteroatoms. The fourth-order valence-electron chi connectivity index (χ4n) is 7.31. The number of aromatic nitrogens is 3. The normalized spacial score (nSPS) is 29.5. The van der Waals surface area contributed by atoms with Crippen LogP contribution < -0.4 is 10.6 Å². The number of carbonyl (C=O) groups is 2. The number of fused-ring (bicyclic) bond motifs is 1. The molecule has 2 N–H and O–H groups in total. The first-order valence-electron chi connectivity index (χ1n) is 12.7. The first-order chi connectivity index (χ1) is 16.1. The topological polar surface area (TPSA) is 88.9 Å². The summed E-state index contributed by atoms with van der Waals surface area (Å²) >= 11 is 0. The zero-order valence-corrected chi connectivity index (χ0v) is 19.2. The predicted octanol–water partition coefficient (Wildman–Crippen LogP) is 3.94. The van der Waals surface area contributed by atoms with Crippen LogP contribution in [0.5, 0.6) is 0 Å². The lowest BCUT2D eigenvalue weighted by Gasteiger charge is -2.55. The second kappa shape index (κ2) is 8.26. The fourth-order valence-corrected chi connectivity index (χ4v) is 7.31. The fraction of sp³-hybridized carbons (Fsp3) is 0.615. The summed E-state index contributed by atoms with van der Waals surface area (Å²) in [6.07, 6.45) is 10.7. The first-order valence-corrected chi connectivity index (χ1v) is 12.7. The van der Waals surface area contributed by atoms with E-state index < -0.39 is 0 Å². The van der Waals surface area contributed by atoms with Gasteiger partial charge in [-0.2, -0.15) is 0 Å². The molecule has 7 rings (SSSR count). The Morgan fingerprint density at radius 1 is 0.970 bits per heavy atom. The summed E-state index contributed by atoms with van der Waals surface area (Å²) in [5.74, 6) is 4.31. The van der Waals surface area contributed by atoms with Crippen molar-refractivity contribution in [1.82, 2.24) is 20.1 Å². The maximum Gasteiger partial charge on any atom is 0.226 e. The van der Waals surface area contributed by atoms with Crippen LogP contribution in [0, 0.1) is 23.2 Å². The highest BCUT2D eigenvalue weighted by atomic mass is 16.2. The molecule has 2 amide bonds. The van der Waals surface area contributed by atoms with Crippen LogP contribution in [0.2, 0.25) is 0 Å². The average molecular weight is 448 g/mol. The van der Waals surface area contributed by atoms with Crippen molar-refractivity contribution < 1.29 is 9.59 Å². The third-order valence-electron chi connectivity index (χ3n) is 8.44. The minimum atomic E-state index is -0.151. The first kappa shape index (κ1) is 20.9. The summed E-state index contributed by atoms with van der Waals surface area (Å²) in [6, 6.07) is 7.78. The van der Waals surface area contributed by atoms with Crippen molar-refractivity contribution in [3.63, 3.8) is 0 Å². The van der Waals surface area contributed by atoms with Gasteiger partial charge in [0, 0.05) is 42.6 Å². The number of carbonyl (C=O) groups excluding carboxylic acids is 2. The van der Waals surface area contributed by atoms with Crippen molar-refractivity contribution in [2.45, 2.75) is 70.8 Å². The maximum absolute atomic E-state index is 13.0. The number of amides is 2. The molecule has 4 aliphatic carbocycles. The lowest BCUT2D eigenvalue weighted by molar-refractivity contribution is -0.146. The van der Waals surface area contributed by atoms with Crippen LogP contribution in [0.4, 0.5) is 5.69 Å². The lowest BCUT2D eigenvalue weighted by Crippen LogP contribution is -2.53. The van der Waals surface area contributed by atoms with Gasteiger partial charge in [0.15, 0.2) is 5.82 Å². The molecule has 1 aliphatic heterocycles. The van der Waals surface area contributed by atoms with Gasteiger partial charge in [0.05, 0.1) is 0 Å². The number of nitrogens with one attached hydrogen (secondary N) is 2. The number of benzene rings is 1. The number of nitrogens with zero attached hydrogens (tertiary/aromatic N) is 3. The molecule has 0 saturated heterocycles. The van der Waals surface area contributed by atoms with E-state index in [-0.39, 0.29) is 23.7 Å². The van der Waals surface area contributed by atoms with Crippen molar-refractivity contribution in [2.75, 3.05) is 11.9 Å². The van der Waals surface area contributed by atoms with Crippen molar-refractivity contribution in [1.29, 1.82) is 0 Å². The lowest BCUT2D eigenvalue weighted by atomic mass is 9.49. The van der Waals surface area contributed by atoms with Gasteiger partial charge in [-0.25, -0.2) is 0 Å². The molecule has 1 aromatic carbocycles.